The predicted molar refractivity (Wildman–Crippen MR) is 250 cm³/mol. The standard InChI is InChI=1S/C47H40ClN10O11P/c48-31-16-18-32(19-17-31)68-70(63,69-34-21-38(65-35(34)22-59)58-27-54-40-42(50-25-52-44(40)58)56-46(61)29-12-6-2-7-13-29)64-23-36-33(67-47(62)30-14-8-3-9-15-30)20-37(66-36)57-26-53-39-41(49-24-51-43(39)57)55-45(60)28-10-4-1-5-11-28/h1-19,24-27,33-38,59H,20-23H2,(H,49,51,55,60)(H,50,52,56,61)/t33-,34+,35-,36-,37-,38+,70+/m0/s1. The van der Waals surface area contributed by atoms with Gasteiger partial charge in [0.05, 0.1) is 31.4 Å². The van der Waals surface area contributed by atoms with Crippen LogP contribution in [0.2, 0.25) is 5.02 Å². The molecule has 7 atom stereocenters. The molecule has 0 saturated carbocycles. The van der Waals surface area contributed by atoms with Crippen LogP contribution in [-0.4, -0.2) is 99.6 Å². The van der Waals surface area contributed by atoms with E-state index in [2.05, 4.69) is 40.5 Å². The molecule has 0 bridgehead atoms. The summed E-state index contributed by atoms with van der Waals surface area (Å²) in [5.74, 6) is -1.06. The molecule has 2 aliphatic rings. The maximum Gasteiger partial charge on any atom is 0.530 e. The quantitative estimate of drug-likeness (QED) is 0.0638. The minimum Gasteiger partial charge on any atom is -0.456 e. The van der Waals surface area contributed by atoms with Gasteiger partial charge in [0.25, 0.3) is 11.8 Å². The highest BCUT2D eigenvalue weighted by Gasteiger charge is 2.46. The number of aliphatic hydroxyl groups is 1. The fourth-order valence-electron chi connectivity index (χ4n) is 7.95. The largest absolute Gasteiger partial charge is 0.530 e. The lowest BCUT2D eigenvalue weighted by molar-refractivity contribution is -0.0578. The highest BCUT2D eigenvalue weighted by atomic mass is 35.5. The normalized spacial score (nSPS) is 20.8. The van der Waals surface area contributed by atoms with E-state index in [9.17, 15) is 19.5 Å². The van der Waals surface area contributed by atoms with Gasteiger partial charge in [0, 0.05) is 29.0 Å². The lowest BCUT2D eigenvalue weighted by atomic mass is 10.1. The average molecular weight is 987 g/mol. The Morgan fingerprint density at radius 1 is 0.657 bits per heavy atom. The van der Waals surface area contributed by atoms with Crippen molar-refractivity contribution in [1.82, 2.24) is 39.0 Å². The zero-order valence-electron chi connectivity index (χ0n) is 36.5. The number of amides is 2. The molecule has 0 radical (unpaired) electrons. The minimum absolute atomic E-state index is 0.00755. The number of phosphoric ester groups is 1. The number of fused-ring (bicyclic) bond motifs is 2. The van der Waals surface area contributed by atoms with Crippen molar-refractivity contribution >= 4 is 71.2 Å². The topological polar surface area (TPSA) is 255 Å². The van der Waals surface area contributed by atoms with Crippen molar-refractivity contribution < 1.29 is 51.8 Å². The van der Waals surface area contributed by atoms with Crippen LogP contribution in [-0.2, 0) is 27.8 Å². The van der Waals surface area contributed by atoms with Gasteiger partial charge in [-0.25, -0.2) is 39.3 Å². The van der Waals surface area contributed by atoms with Crippen molar-refractivity contribution in [3.8, 4) is 5.75 Å². The number of rotatable bonds is 16. The highest BCUT2D eigenvalue weighted by molar-refractivity contribution is 7.49. The maximum atomic E-state index is 15.0. The Hall–Kier alpha value is -7.49. The van der Waals surface area contributed by atoms with Crippen molar-refractivity contribution in [1.29, 1.82) is 0 Å². The van der Waals surface area contributed by atoms with Crippen LogP contribution in [0.3, 0.4) is 0 Å². The number of aliphatic hydroxyl groups excluding tert-OH is 1. The van der Waals surface area contributed by atoms with E-state index in [-0.39, 0.29) is 46.8 Å². The number of benzene rings is 4. The number of imidazole rings is 2. The molecule has 2 aliphatic heterocycles. The number of nitrogens with zero attached hydrogens (tertiary/aromatic N) is 8. The average Bonchev–Trinajstić information content (AvgIpc) is 4.20. The van der Waals surface area contributed by atoms with E-state index in [1.54, 1.807) is 100 Å². The summed E-state index contributed by atoms with van der Waals surface area (Å²) < 4.78 is 55.3. The second kappa shape index (κ2) is 20.2. The van der Waals surface area contributed by atoms with Crippen LogP contribution >= 0.6 is 19.4 Å². The Bertz CT molecular complexity index is 3210. The van der Waals surface area contributed by atoms with Gasteiger partial charge < -0.3 is 34.5 Å². The number of carbonyl (C=O) groups excluding carboxylic acids is 3. The lowest BCUT2D eigenvalue weighted by Gasteiger charge is -2.26. The fourth-order valence-corrected chi connectivity index (χ4v) is 9.50. The summed E-state index contributed by atoms with van der Waals surface area (Å²) in [7, 11) is -4.73. The molecule has 4 aromatic carbocycles. The molecule has 21 nitrogen and oxygen atoms in total. The van der Waals surface area contributed by atoms with Gasteiger partial charge in [0.1, 0.15) is 55.3 Å². The molecule has 6 heterocycles. The van der Waals surface area contributed by atoms with E-state index in [1.165, 1.54) is 49.6 Å². The second-order valence-electron chi connectivity index (χ2n) is 15.9. The van der Waals surface area contributed by atoms with E-state index in [0.29, 0.717) is 27.4 Å². The van der Waals surface area contributed by atoms with Gasteiger partial charge in [-0.3, -0.25) is 27.8 Å². The van der Waals surface area contributed by atoms with Crippen LogP contribution in [0.15, 0.2) is 141 Å². The first-order chi connectivity index (χ1) is 34.1. The van der Waals surface area contributed by atoms with Crippen LogP contribution < -0.4 is 15.2 Å². The number of carbonyl (C=O) groups is 3. The molecule has 0 spiro atoms. The van der Waals surface area contributed by atoms with E-state index < -0.39 is 75.7 Å². The van der Waals surface area contributed by atoms with Crippen LogP contribution in [0.4, 0.5) is 11.6 Å². The van der Waals surface area contributed by atoms with Gasteiger partial charge in [-0.1, -0.05) is 66.2 Å². The molecule has 2 saturated heterocycles. The monoisotopic (exact) mass is 986 g/mol. The number of phosphoric acid groups is 1. The van der Waals surface area contributed by atoms with Gasteiger partial charge in [-0.05, 0) is 60.7 Å². The van der Waals surface area contributed by atoms with Crippen LogP contribution in [0, 0.1) is 0 Å². The third-order valence-electron chi connectivity index (χ3n) is 11.4. The highest BCUT2D eigenvalue weighted by Crippen LogP contribution is 2.54. The molecule has 0 unspecified atom stereocenters. The first-order valence-electron chi connectivity index (χ1n) is 21.7. The number of esters is 1. The molecule has 0 aliphatic carbocycles. The number of nitrogens with one attached hydrogen (secondary N) is 2. The molecular weight excluding hydrogens is 947 g/mol. The first-order valence-corrected chi connectivity index (χ1v) is 23.6. The van der Waals surface area contributed by atoms with Crippen molar-refractivity contribution in [3.63, 3.8) is 0 Å². The van der Waals surface area contributed by atoms with Gasteiger partial charge in [-0.15, -0.1) is 0 Å². The molecule has 4 aromatic heterocycles. The Morgan fingerprint density at radius 2 is 1.16 bits per heavy atom. The summed E-state index contributed by atoms with van der Waals surface area (Å²) in [5.41, 5.74) is 2.24. The van der Waals surface area contributed by atoms with E-state index in [4.69, 9.17) is 39.4 Å². The Morgan fingerprint density at radius 3 is 1.69 bits per heavy atom. The number of anilines is 2. The third-order valence-corrected chi connectivity index (χ3v) is 13.1. The fraction of sp³-hybridized carbons (Fsp3) is 0.213. The summed E-state index contributed by atoms with van der Waals surface area (Å²) in [6.45, 7) is -1.07. The molecule has 70 heavy (non-hydrogen) atoms. The molecule has 10 rings (SSSR count). The first kappa shape index (κ1) is 46.2. The van der Waals surface area contributed by atoms with Crippen LogP contribution in [0.5, 0.6) is 5.75 Å². The predicted octanol–water partition coefficient (Wildman–Crippen LogP) is 7.21. The second-order valence-corrected chi connectivity index (χ2v) is 17.9. The van der Waals surface area contributed by atoms with Crippen molar-refractivity contribution in [2.75, 3.05) is 23.8 Å². The van der Waals surface area contributed by atoms with Gasteiger partial charge in [-0.2, -0.15) is 0 Å². The van der Waals surface area contributed by atoms with E-state index in [1.807, 2.05) is 0 Å². The molecular formula is C47H40ClN10O11P. The summed E-state index contributed by atoms with van der Waals surface area (Å²) in [6.07, 6.45) is -0.503. The smallest absolute Gasteiger partial charge is 0.456 e. The van der Waals surface area contributed by atoms with Crippen LogP contribution in [0.1, 0.15) is 56.4 Å². The maximum absolute atomic E-state index is 15.0. The number of aromatic nitrogens is 8. The van der Waals surface area contributed by atoms with Crippen molar-refractivity contribution in [2.45, 2.75) is 49.7 Å². The van der Waals surface area contributed by atoms with Gasteiger partial charge >= 0.3 is 13.8 Å². The molecule has 23 heteroatoms. The molecule has 2 fully saturated rings. The zero-order valence-corrected chi connectivity index (χ0v) is 38.2. The Balaban J connectivity index is 0.901. The van der Waals surface area contributed by atoms with Gasteiger partial charge in [0.2, 0.25) is 0 Å². The Kier molecular flexibility index (Phi) is 13.4. The molecule has 3 N–H and O–H groups in total. The molecule has 8 aromatic rings. The zero-order chi connectivity index (χ0) is 48.2. The summed E-state index contributed by atoms with van der Waals surface area (Å²) in [6, 6.07) is 31.6. The summed E-state index contributed by atoms with van der Waals surface area (Å²) in [5, 5.41) is 16.5. The summed E-state index contributed by atoms with van der Waals surface area (Å²) in [4.78, 5) is 65.9. The third kappa shape index (κ3) is 9.98. The Labute approximate surface area is 402 Å². The molecule has 356 valence electrons. The number of ether oxygens (including phenoxy) is 3. The SMILES string of the molecule is O=C(Nc1ncnc2c1ncn2[C@@H]1C[C@H](OC(=O)c2ccccc2)[C@H](CO[P@](=O)(Oc2ccc(Cl)cc2)O[C@@H]2C[C@H](n3cnc4c(NC(=O)c5ccccc5)ncnc43)O[C@H]2CO)O1)c1ccccc1. The van der Waals surface area contributed by atoms with E-state index in [0.717, 1.165) is 0 Å². The van der Waals surface area contributed by atoms with Gasteiger partial charge in [0.15, 0.2) is 34.0 Å². The van der Waals surface area contributed by atoms with E-state index >= 15 is 4.57 Å². The number of hydrogen-bond donors (Lipinski definition) is 3. The van der Waals surface area contributed by atoms with Crippen LogP contribution in [0.25, 0.3) is 22.3 Å². The molecule has 2 amide bonds. The van der Waals surface area contributed by atoms with Crippen molar-refractivity contribution in [3.05, 3.63) is 162 Å². The number of hydrogen-bond acceptors (Lipinski definition) is 17. The number of halogens is 1. The minimum atomic E-state index is -4.73. The summed E-state index contributed by atoms with van der Waals surface area (Å²) >= 11 is 6.17. The van der Waals surface area contributed by atoms with Crippen molar-refractivity contribution in [2.24, 2.45) is 0 Å². The lowest BCUT2D eigenvalue weighted by Crippen LogP contribution is -2.32.